The first-order valence-corrected chi connectivity index (χ1v) is 7.63. The van der Waals surface area contributed by atoms with Gasteiger partial charge in [0.2, 0.25) is 0 Å². The molecule has 1 aromatic carbocycles. The number of carbonyl (C=O) groups excluding carboxylic acids is 1. The van der Waals surface area contributed by atoms with Crippen molar-refractivity contribution in [2.45, 2.75) is 58.0 Å². The van der Waals surface area contributed by atoms with Gasteiger partial charge in [-0.1, -0.05) is 44.2 Å². The summed E-state index contributed by atoms with van der Waals surface area (Å²) in [4.78, 5) is 12.7. The highest BCUT2D eigenvalue weighted by Crippen LogP contribution is 2.65. The molecule has 0 bridgehead atoms. The Hall–Kier alpha value is -1.15. The highest BCUT2D eigenvalue weighted by Gasteiger charge is 2.68. The van der Waals surface area contributed by atoms with Crippen LogP contribution in [0.25, 0.3) is 0 Å². The summed E-state index contributed by atoms with van der Waals surface area (Å²) in [7, 11) is 0. The Labute approximate surface area is 121 Å². The third-order valence-corrected chi connectivity index (χ3v) is 6.23. The third-order valence-electron chi connectivity index (χ3n) is 6.23. The smallest absolute Gasteiger partial charge is 0.142 e. The molecule has 0 aliphatic heterocycles. The minimum Gasteiger partial charge on any atom is -0.388 e. The molecule has 2 aliphatic rings. The number of rotatable bonds is 1. The third kappa shape index (κ3) is 1.52. The van der Waals surface area contributed by atoms with Crippen molar-refractivity contribution in [1.29, 1.82) is 0 Å². The molecular formula is C18H24O2. The Bertz CT molecular complexity index is 534. The maximum absolute atomic E-state index is 12.7. The van der Waals surface area contributed by atoms with Gasteiger partial charge in [0.1, 0.15) is 5.78 Å². The summed E-state index contributed by atoms with van der Waals surface area (Å²) in [6.07, 6.45) is 3.00. The Morgan fingerprint density at radius 3 is 2.40 bits per heavy atom. The van der Waals surface area contributed by atoms with Crippen molar-refractivity contribution in [3.8, 4) is 0 Å². The van der Waals surface area contributed by atoms with Crippen LogP contribution in [-0.2, 0) is 4.79 Å². The molecule has 0 heterocycles. The van der Waals surface area contributed by atoms with Crippen molar-refractivity contribution in [2.75, 3.05) is 0 Å². The lowest BCUT2D eigenvalue weighted by Gasteiger charge is -2.54. The first-order chi connectivity index (χ1) is 9.33. The molecule has 0 unspecified atom stereocenters. The van der Waals surface area contributed by atoms with E-state index in [4.69, 9.17) is 0 Å². The average Bonchev–Trinajstić information content (AvgIpc) is 2.72. The topological polar surface area (TPSA) is 37.3 Å². The summed E-state index contributed by atoms with van der Waals surface area (Å²) < 4.78 is 0. The van der Waals surface area contributed by atoms with Gasteiger partial charge < -0.3 is 5.11 Å². The predicted molar refractivity (Wildman–Crippen MR) is 79.5 cm³/mol. The van der Waals surface area contributed by atoms with E-state index in [0.717, 1.165) is 19.3 Å². The molecule has 3 atom stereocenters. The van der Waals surface area contributed by atoms with Gasteiger partial charge in [0.25, 0.3) is 0 Å². The molecule has 2 fully saturated rings. The molecule has 0 radical (unpaired) electrons. The molecule has 3 rings (SSSR count). The molecule has 2 aliphatic carbocycles. The fourth-order valence-electron chi connectivity index (χ4n) is 4.73. The van der Waals surface area contributed by atoms with Crippen LogP contribution in [-0.4, -0.2) is 16.5 Å². The van der Waals surface area contributed by atoms with Gasteiger partial charge in [-0.15, -0.1) is 0 Å². The summed E-state index contributed by atoms with van der Waals surface area (Å²) in [5, 5.41) is 11.4. The van der Waals surface area contributed by atoms with E-state index >= 15 is 0 Å². The lowest BCUT2D eigenvalue weighted by Crippen LogP contribution is -2.61. The van der Waals surface area contributed by atoms with E-state index in [2.05, 4.69) is 26.0 Å². The average molecular weight is 272 g/mol. The molecule has 0 saturated heterocycles. The zero-order valence-corrected chi connectivity index (χ0v) is 12.6. The number of aliphatic hydroxyl groups is 1. The highest BCUT2D eigenvalue weighted by molar-refractivity contribution is 5.89. The maximum atomic E-state index is 12.7. The Balaban J connectivity index is 2.12. The quantitative estimate of drug-likeness (QED) is 0.846. The van der Waals surface area contributed by atoms with Crippen LogP contribution in [0.3, 0.4) is 0 Å². The van der Waals surface area contributed by atoms with Crippen LogP contribution in [0.4, 0.5) is 0 Å². The van der Waals surface area contributed by atoms with Crippen molar-refractivity contribution in [2.24, 2.45) is 10.8 Å². The van der Waals surface area contributed by atoms with E-state index in [0.29, 0.717) is 6.42 Å². The molecule has 0 spiro atoms. The van der Waals surface area contributed by atoms with Crippen LogP contribution in [0.2, 0.25) is 0 Å². The number of benzene rings is 1. The van der Waals surface area contributed by atoms with Gasteiger partial charge in [0.15, 0.2) is 0 Å². The van der Waals surface area contributed by atoms with E-state index in [9.17, 15) is 9.90 Å². The predicted octanol–water partition coefficient (Wildman–Crippen LogP) is 3.69. The van der Waals surface area contributed by atoms with Crippen molar-refractivity contribution in [3.63, 3.8) is 0 Å². The zero-order valence-electron chi connectivity index (χ0n) is 12.6. The van der Waals surface area contributed by atoms with Gasteiger partial charge in [-0.25, -0.2) is 0 Å². The largest absolute Gasteiger partial charge is 0.388 e. The zero-order chi connectivity index (χ0) is 14.6. The monoisotopic (exact) mass is 272 g/mol. The molecular weight excluding hydrogens is 248 g/mol. The van der Waals surface area contributed by atoms with Gasteiger partial charge in [-0.2, -0.15) is 0 Å². The van der Waals surface area contributed by atoms with Crippen LogP contribution in [0.15, 0.2) is 30.3 Å². The molecule has 2 nitrogen and oxygen atoms in total. The lowest BCUT2D eigenvalue weighted by atomic mass is 9.52. The minimum absolute atomic E-state index is 0.140. The lowest BCUT2D eigenvalue weighted by molar-refractivity contribution is -0.180. The Kier molecular flexibility index (Phi) is 2.88. The van der Waals surface area contributed by atoms with Gasteiger partial charge in [-0.05, 0) is 43.1 Å². The molecule has 0 amide bonds. The molecule has 1 aromatic rings. The first kappa shape index (κ1) is 13.8. The summed E-state index contributed by atoms with van der Waals surface area (Å²) >= 11 is 0. The molecule has 20 heavy (non-hydrogen) atoms. The summed E-state index contributed by atoms with van der Waals surface area (Å²) in [6, 6.07) is 10.2. The summed E-state index contributed by atoms with van der Waals surface area (Å²) in [6.45, 7) is 6.23. The number of hydrogen-bond acceptors (Lipinski definition) is 2. The number of ketones is 1. The number of Topliss-reactive ketones (excluding diaryl/α,β-unsaturated/α-hetero) is 1. The van der Waals surface area contributed by atoms with E-state index in [1.54, 1.807) is 0 Å². The molecule has 108 valence electrons. The van der Waals surface area contributed by atoms with Crippen molar-refractivity contribution in [1.82, 2.24) is 0 Å². The normalized spacial score (nSPS) is 39.6. The van der Waals surface area contributed by atoms with Crippen LogP contribution in [0, 0.1) is 10.8 Å². The standard InChI is InChI=1S/C18H24O2/c1-16(2)11-10-15(19)17(3)14(9-12-18(16,17)20)13-7-5-4-6-8-13/h4-8,14,20H,9-12H2,1-3H3/t14-,17+,18+/m0/s1. The SMILES string of the molecule is CC1(C)CCC(=O)[C@@]2(C)[C@H](c3ccccc3)CC[C@@]12O. The van der Waals surface area contributed by atoms with Crippen LogP contribution in [0.5, 0.6) is 0 Å². The van der Waals surface area contributed by atoms with Crippen molar-refractivity contribution >= 4 is 5.78 Å². The molecule has 2 saturated carbocycles. The summed E-state index contributed by atoms with van der Waals surface area (Å²) in [5.41, 5.74) is -0.525. The van der Waals surface area contributed by atoms with Crippen molar-refractivity contribution in [3.05, 3.63) is 35.9 Å². The fourth-order valence-corrected chi connectivity index (χ4v) is 4.73. The highest BCUT2D eigenvalue weighted by atomic mass is 16.3. The van der Waals surface area contributed by atoms with E-state index in [1.807, 2.05) is 25.1 Å². The van der Waals surface area contributed by atoms with Gasteiger partial charge in [0, 0.05) is 6.42 Å². The fraction of sp³-hybridized carbons (Fsp3) is 0.611. The second kappa shape index (κ2) is 4.17. The van der Waals surface area contributed by atoms with E-state index in [1.165, 1.54) is 5.56 Å². The molecule has 0 aromatic heterocycles. The van der Waals surface area contributed by atoms with Crippen LogP contribution in [0.1, 0.15) is 57.9 Å². The first-order valence-electron chi connectivity index (χ1n) is 7.63. The van der Waals surface area contributed by atoms with Crippen LogP contribution < -0.4 is 0 Å². The van der Waals surface area contributed by atoms with Crippen molar-refractivity contribution < 1.29 is 9.90 Å². The number of carbonyl (C=O) groups is 1. The maximum Gasteiger partial charge on any atom is 0.142 e. The second-order valence-corrected chi connectivity index (χ2v) is 7.37. The molecule has 2 heteroatoms. The van der Waals surface area contributed by atoms with Gasteiger partial charge in [0.05, 0.1) is 11.0 Å². The minimum atomic E-state index is -0.879. The Morgan fingerprint density at radius 2 is 1.75 bits per heavy atom. The molecule has 1 N–H and O–H groups in total. The van der Waals surface area contributed by atoms with Gasteiger partial charge >= 0.3 is 0 Å². The van der Waals surface area contributed by atoms with E-state index in [-0.39, 0.29) is 17.1 Å². The Morgan fingerprint density at radius 1 is 1.10 bits per heavy atom. The number of fused-ring (bicyclic) bond motifs is 1. The second-order valence-electron chi connectivity index (χ2n) is 7.37. The van der Waals surface area contributed by atoms with Gasteiger partial charge in [-0.3, -0.25) is 4.79 Å². The van der Waals surface area contributed by atoms with Crippen LogP contribution >= 0.6 is 0 Å². The van der Waals surface area contributed by atoms with E-state index < -0.39 is 11.0 Å². The number of hydrogen-bond donors (Lipinski definition) is 1. The summed E-state index contributed by atoms with van der Waals surface area (Å²) in [5.74, 6) is 0.381.